The third-order valence-electron chi connectivity index (χ3n) is 0. The van der Waals surface area contributed by atoms with Gasteiger partial charge in [0.2, 0.25) is 0 Å². The van der Waals surface area contributed by atoms with E-state index in [2.05, 4.69) is 0 Å². The Labute approximate surface area is 60.3 Å². The van der Waals surface area contributed by atoms with Crippen LogP contribution in [0.1, 0.15) is 0 Å². The van der Waals surface area contributed by atoms with E-state index in [0.717, 1.165) is 0 Å². The fraction of sp³-hybridized carbons (Fsp3) is 0. The molecule has 0 aliphatic carbocycles. The SMILES string of the molecule is [Mn+2].[O-2].[O-2].[Y+3]. The Morgan fingerprint density at radius 3 is 0.750 bits per heavy atom. The third kappa shape index (κ3) is 9.62. The molecule has 0 atom stereocenters. The zero-order valence-corrected chi connectivity index (χ0v) is 5.79. The van der Waals surface area contributed by atoms with Gasteiger partial charge in [-0.3, -0.25) is 0 Å². The van der Waals surface area contributed by atoms with E-state index in [9.17, 15) is 0 Å². The standard InChI is InChI=1S/Mn.2O.Y/q+2;2*-2;+3. The number of hydrogen-bond donors (Lipinski definition) is 0. The topological polar surface area (TPSA) is 57.0 Å². The molecule has 0 unspecified atom stereocenters. The minimum atomic E-state index is 0. The van der Waals surface area contributed by atoms with Crippen LogP contribution in [-0.4, -0.2) is 0 Å². The molecule has 0 heterocycles. The van der Waals surface area contributed by atoms with Crippen LogP contribution in [0.4, 0.5) is 0 Å². The zero-order valence-electron chi connectivity index (χ0n) is 1.77. The van der Waals surface area contributed by atoms with Crippen LogP contribution < -0.4 is 0 Å². The third-order valence-corrected chi connectivity index (χ3v) is 0. The summed E-state index contributed by atoms with van der Waals surface area (Å²) in [6.07, 6.45) is 0. The van der Waals surface area contributed by atoms with Gasteiger partial charge in [-0.05, 0) is 0 Å². The molecule has 21 valence electrons. The molecule has 0 aliphatic heterocycles. The van der Waals surface area contributed by atoms with Crippen LogP contribution in [0.5, 0.6) is 0 Å². The molecule has 1 radical (unpaired) electrons. The molecule has 0 saturated heterocycles. The van der Waals surface area contributed by atoms with Gasteiger partial charge in [0.05, 0.1) is 0 Å². The van der Waals surface area contributed by atoms with Gasteiger partial charge in [-0.1, -0.05) is 0 Å². The summed E-state index contributed by atoms with van der Waals surface area (Å²) in [5.74, 6) is 0. The van der Waals surface area contributed by atoms with E-state index in [1.807, 2.05) is 0 Å². The van der Waals surface area contributed by atoms with Gasteiger partial charge in [-0.25, -0.2) is 0 Å². The van der Waals surface area contributed by atoms with Crippen molar-refractivity contribution in [2.75, 3.05) is 0 Å². The van der Waals surface area contributed by atoms with Crippen molar-refractivity contribution < 1.29 is 60.7 Å². The summed E-state index contributed by atoms with van der Waals surface area (Å²) in [4.78, 5) is 0. The minimum absolute atomic E-state index is 0. The first kappa shape index (κ1) is 48.0. The summed E-state index contributed by atoms with van der Waals surface area (Å²) in [6, 6.07) is 0. The van der Waals surface area contributed by atoms with Crippen molar-refractivity contribution in [1.82, 2.24) is 0 Å². The maximum Gasteiger partial charge on any atom is 3.00 e. The van der Waals surface area contributed by atoms with Crippen molar-refractivity contribution in [1.29, 1.82) is 0 Å². The van der Waals surface area contributed by atoms with Gasteiger partial charge >= 0.3 is 49.8 Å². The van der Waals surface area contributed by atoms with E-state index in [-0.39, 0.29) is 60.7 Å². The summed E-state index contributed by atoms with van der Waals surface area (Å²) >= 11 is 0. The predicted octanol–water partition coefficient (Wildman–Crippen LogP) is -0.243. The Morgan fingerprint density at radius 1 is 0.750 bits per heavy atom. The first-order chi connectivity index (χ1) is 0. The molecule has 0 fully saturated rings. The average molecular weight is 176 g/mol. The second-order valence-corrected chi connectivity index (χ2v) is 0. The number of hydrogen-bond acceptors (Lipinski definition) is 0. The number of rotatable bonds is 0. The van der Waals surface area contributed by atoms with Crippen molar-refractivity contribution in [3.8, 4) is 0 Å². The Kier molecular flexibility index (Phi) is 288. The molecular weight excluding hydrogens is 176 g/mol. The van der Waals surface area contributed by atoms with Gasteiger partial charge in [-0.15, -0.1) is 0 Å². The van der Waals surface area contributed by atoms with Crippen molar-refractivity contribution in [3.63, 3.8) is 0 Å². The Hall–Kier alpha value is 1.54. The monoisotopic (exact) mass is 176 g/mol. The van der Waals surface area contributed by atoms with Gasteiger partial charge in [0, 0.05) is 0 Å². The summed E-state index contributed by atoms with van der Waals surface area (Å²) in [7, 11) is 0. The van der Waals surface area contributed by atoms with E-state index in [1.165, 1.54) is 0 Å². The maximum atomic E-state index is 0. The Balaban J connectivity index is 0. The second-order valence-electron chi connectivity index (χ2n) is 0. The molecule has 0 aliphatic rings. The molecule has 0 aromatic heterocycles. The summed E-state index contributed by atoms with van der Waals surface area (Å²) in [5.41, 5.74) is 0. The minimum Gasteiger partial charge on any atom is -2.00 e. The average Bonchev–Trinajstić information content (AvgIpc) is 0. The second kappa shape index (κ2) is 23.9. The van der Waals surface area contributed by atoms with Gasteiger partial charge < -0.3 is 11.0 Å². The molecule has 0 aromatic rings. The molecular formula is MnO2Y+. The van der Waals surface area contributed by atoms with Gasteiger partial charge in [0.15, 0.2) is 0 Å². The molecule has 0 N–H and O–H groups in total. The first-order valence-electron chi connectivity index (χ1n) is 0. The molecule has 4 heavy (non-hydrogen) atoms. The first-order valence-corrected chi connectivity index (χ1v) is 0. The van der Waals surface area contributed by atoms with Crippen molar-refractivity contribution in [2.24, 2.45) is 0 Å². The Bertz CT molecular complexity index is 6.00. The van der Waals surface area contributed by atoms with Gasteiger partial charge in [0.25, 0.3) is 0 Å². The van der Waals surface area contributed by atoms with Crippen molar-refractivity contribution in [3.05, 3.63) is 0 Å². The fourth-order valence-corrected chi connectivity index (χ4v) is 0. The molecule has 2 nitrogen and oxygen atoms in total. The molecule has 0 amide bonds. The van der Waals surface area contributed by atoms with Crippen LogP contribution in [0.2, 0.25) is 0 Å². The summed E-state index contributed by atoms with van der Waals surface area (Å²) in [5, 5.41) is 0. The van der Waals surface area contributed by atoms with Crippen molar-refractivity contribution in [2.45, 2.75) is 0 Å². The fourth-order valence-electron chi connectivity index (χ4n) is 0. The van der Waals surface area contributed by atoms with Crippen LogP contribution in [0.3, 0.4) is 0 Å². The normalized spacial score (nSPS) is 0. The maximum absolute atomic E-state index is 0. The van der Waals surface area contributed by atoms with E-state index in [0.29, 0.717) is 0 Å². The zero-order chi connectivity index (χ0) is 0. The van der Waals surface area contributed by atoms with Crippen LogP contribution in [0.25, 0.3) is 0 Å². The Morgan fingerprint density at radius 2 is 0.750 bits per heavy atom. The van der Waals surface area contributed by atoms with Crippen molar-refractivity contribution >= 4 is 0 Å². The van der Waals surface area contributed by atoms with Gasteiger partial charge in [0.1, 0.15) is 0 Å². The van der Waals surface area contributed by atoms with E-state index < -0.39 is 0 Å². The summed E-state index contributed by atoms with van der Waals surface area (Å²) < 4.78 is 0. The molecule has 4 heteroatoms. The molecule has 0 saturated carbocycles. The summed E-state index contributed by atoms with van der Waals surface area (Å²) in [6.45, 7) is 0. The van der Waals surface area contributed by atoms with E-state index >= 15 is 0 Å². The molecule has 0 bridgehead atoms. The largest absolute Gasteiger partial charge is 3.00 e. The van der Waals surface area contributed by atoms with Crippen LogP contribution in [-0.2, 0) is 60.7 Å². The smallest absolute Gasteiger partial charge is 2.00 e. The molecule has 0 aromatic carbocycles. The predicted molar refractivity (Wildman–Crippen MR) is 1.37 cm³/mol. The quantitative estimate of drug-likeness (QED) is 0.457. The van der Waals surface area contributed by atoms with Crippen LogP contribution in [0, 0.1) is 0 Å². The molecule has 0 spiro atoms. The van der Waals surface area contributed by atoms with Crippen LogP contribution >= 0.6 is 0 Å². The molecule has 0 rings (SSSR count). The van der Waals surface area contributed by atoms with Crippen LogP contribution in [0.15, 0.2) is 0 Å². The van der Waals surface area contributed by atoms with Gasteiger partial charge in [-0.2, -0.15) is 0 Å². The van der Waals surface area contributed by atoms with E-state index in [1.54, 1.807) is 0 Å². The van der Waals surface area contributed by atoms with E-state index in [4.69, 9.17) is 0 Å².